The molecule has 0 bridgehead atoms. The minimum absolute atomic E-state index is 0. The number of aromatic nitrogens is 1. The minimum atomic E-state index is 0. The average molecular weight is 358 g/mol. The zero-order valence-corrected chi connectivity index (χ0v) is 14.7. The van der Waals surface area contributed by atoms with Gasteiger partial charge in [0.15, 0.2) is 5.43 Å². The Balaban J connectivity index is 0.00000132. The molecule has 1 saturated carbocycles. The third-order valence-corrected chi connectivity index (χ3v) is 4.55. The Morgan fingerprint density at radius 1 is 1.17 bits per heavy atom. The summed E-state index contributed by atoms with van der Waals surface area (Å²) in [6, 6.07) is 9.48. The summed E-state index contributed by atoms with van der Waals surface area (Å²) >= 11 is 0. The van der Waals surface area contributed by atoms with E-state index in [2.05, 4.69) is 10.3 Å². The van der Waals surface area contributed by atoms with Crippen molar-refractivity contribution in [2.75, 3.05) is 11.9 Å². The van der Waals surface area contributed by atoms with Crippen molar-refractivity contribution in [1.29, 1.82) is 0 Å². The van der Waals surface area contributed by atoms with E-state index in [4.69, 9.17) is 5.73 Å². The highest BCUT2D eigenvalue weighted by molar-refractivity contribution is 5.85. The van der Waals surface area contributed by atoms with Crippen molar-refractivity contribution in [3.05, 3.63) is 40.6 Å². The van der Waals surface area contributed by atoms with Crippen LogP contribution in [0.4, 0.5) is 5.82 Å². The Bertz CT molecular complexity index is 668. The van der Waals surface area contributed by atoms with Gasteiger partial charge in [-0.15, -0.1) is 24.8 Å². The molecule has 1 aliphatic rings. The molecule has 0 radical (unpaired) electrons. The maximum Gasteiger partial charge on any atom is 0.191 e. The van der Waals surface area contributed by atoms with Crippen LogP contribution in [0, 0.1) is 5.92 Å². The van der Waals surface area contributed by atoms with Gasteiger partial charge in [0.1, 0.15) is 5.82 Å². The molecule has 23 heavy (non-hydrogen) atoms. The first-order chi connectivity index (χ1) is 10.3. The summed E-state index contributed by atoms with van der Waals surface area (Å²) in [6.07, 6.45) is 6.37. The molecule has 0 saturated heterocycles. The normalized spacial score (nSPS) is 16.2. The number of benzene rings is 1. The number of hydrogen-bond donors (Lipinski definition) is 3. The van der Waals surface area contributed by atoms with Gasteiger partial charge in [0.05, 0.1) is 5.52 Å². The predicted octanol–water partition coefficient (Wildman–Crippen LogP) is 3.69. The van der Waals surface area contributed by atoms with Gasteiger partial charge in [-0.1, -0.05) is 31.4 Å². The largest absolute Gasteiger partial charge is 0.367 e. The van der Waals surface area contributed by atoms with Crippen molar-refractivity contribution < 1.29 is 0 Å². The van der Waals surface area contributed by atoms with E-state index < -0.39 is 0 Å². The lowest BCUT2D eigenvalue weighted by Gasteiger charge is -2.30. The van der Waals surface area contributed by atoms with Gasteiger partial charge in [0.25, 0.3) is 0 Å². The van der Waals surface area contributed by atoms with E-state index in [1.54, 1.807) is 6.07 Å². The molecule has 1 fully saturated rings. The first kappa shape index (κ1) is 19.8. The second-order valence-electron chi connectivity index (χ2n) is 5.98. The van der Waals surface area contributed by atoms with Crippen molar-refractivity contribution in [1.82, 2.24) is 4.98 Å². The number of hydrogen-bond acceptors (Lipinski definition) is 3. The molecule has 1 unspecified atom stereocenters. The molecule has 1 aromatic heterocycles. The topological polar surface area (TPSA) is 70.9 Å². The molecular formula is C17H25Cl2N3O. The number of rotatable bonds is 4. The number of halogens is 2. The Kier molecular flexibility index (Phi) is 7.89. The van der Waals surface area contributed by atoms with E-state index >= 15 is 0 Å². The SMILES string of the molecule is Cl.Cl.NCC(Nc1cc(=O)c2ccccc2[nH]1)C1CCCCC1. The Morgan fingerprint density at radius 2 is 1.87 bits per heavy atom. The summed E-state index contributed by atoms with van der Waals surface area (Å²) in [5, 5.41) is 4.18. The maximum atomic E-state index is 12.2. The van der Waals surface area contributed by atoms with Crippen LogP contribution >= 0.6 is 24.8 Å². The minimum Gasteiger partial charge on any atom is -0.367 e. The molecule has 4 N–H and O–H groups in total. The molecule has 0 amide bonds. The third kappa shape index (κ3) is 4.63. The molecule has 0 spiro atoms. The summed E-state index contributed by atoms with van der Waals surface area (Å²) in [5.41, 5.74) is 6.86. The third-order valence-electron chi connectivity index (χ3n) is 4.55. The highest BCUT2D eigenvalue weighted by Crippen LogP contribution is 2.27. The van der Waals surface area contributed by atoms with Gasteiger partial charge in [-0.2, -0.15) is 0 Å². The summed E-state index contributed by atoms with van der Waals surface area (Å²) in [4.78, 5) is 15.5. The van der Waals surface area contributed by atoms with Gasteiger partial charge in [-0.3, -0.25) is 4.79 Å². The molecule has 128 valence electrons. The second kappa shape index (κ2) is 9.16. The van der Waals surface area contributed by atoms with Crippen LogP contribution in [-0.4, -0.2) is 17.6 Å². The van der Waals surface area contributed by atoms with E-state index in [9.17, 15) is 4.79 Å². The van der Waals surface area contributed by atoms with Gasteiger partial charge >= 0.3 is 0 Å². The van der Waals surface area contributed by atoms with Gasteiger partial charge in [0.2, 0.25) is 0 Å². The van der Waals surface area contributed by atoms with Crippen LogP contribution in [-0.2, 0) is 0 Å². The highest BCUT2D eigenvalue weighted by atomic mass is 35.5. The summed E-state index contributed by atoms with van der Waals surface area (Å²) in [7, 11) is 0. The number of aromatic amines is 1. The molecule has 6 heteroatoms. The molecule has 3 rings (SSSR count). The van der Waals surface area contributed by atoms with Gasteiger partial charge in [0, 0.05) is 24.0 Å². The lowest BCUT2D eigenvalue weighted by molar-refractivity contribution is 0.320. The van der Waals surface area contributed by atoms with Crippen LogP contribution in [0.5, 0.6) is 0 Å². The summed E-state index contributed by atoms with van der Waals surface area (Å²) < 4.78 is 0. The number of H-pyrrole nitrogens is 1. The number of nitrogens with one attached hydrogen (secondary N) is 2. The fourth-order valence-electron chi connectivity index (χ4n) is 3.38. The quantitative estimate of drug-likeness (QED) is 0.781. The van der Waals surface area contributed by atoms with Crippen LogP contribution in [0.3, 0.4) is 0 Å². The maximum absolute atomic E-state index is 12.2. The van der Waals surface area contributed by atoms with E-state index in [1.165, 1.54) is 32.1 Å². The first-order valence-corrected chi connectivity index (χ1v) is 7.86. The average Bonchev–Trinajstić information content (AvgIpc) is 2.53. The van der Waals surface area contributed by atoms with Gasteiger partial charge in [-0.05, 0) is 30.9 Å². The van der Waals surface area contributed by atoms with E-state index in [-0.39, 0.29) is 36.3 Å². The standard InChI is InChI=1S/C17H23N3O.2ClH/c18-11-15(12-6-2-1-3-7-12)20-17-10-16(21)13-8-4-5-9-14(13)19-17;;/h4-5,8-10,12,15H,1-3,6-7,11,18H2,(H2,19,20,21);2*1H. The van der Waals surface area contributed by atoms with Crippen molar-refractivity contribution in [3.63, 3.8) is 0 Å². The van der Waals surface area contributed by atoms with Gasteiger partial charge < -0.3 is 16.0 Å². The predicted molar refractivity (Wildman–Crippen MR) is 102 cm³/mol. The van der Waals surface area contributed by atoms with E-state index in [0.29, 0.717) is 12.5 Å². The fourth-order valence-corrected chi connectivity index (χ4v) is 3.38. The number of fused-ring (bicyclic) bond motifs is 1. The van der Waals surface area contributed by atoms with Crippen molar-refractivity contribution in [2.24, 2.45) is 11.7 Å². The molecule has 1 heterocycles. The van der Waals surface area contributed by atoms with Crippen molar-refractivity contribution in [3.8, 4) is 0 Å². The molecule has 4 nitrogen and oxygen atoms in total. The number of pyridine rings is 1. The number of para-hydroxylation sites is 1. The van der Waals surface area contributed by atoms with E-state index in [0.717, 1.165) is 16.7 Å². The van der Waals surface area contributed by atoms with E-state index in [1.807, 2.05) is 24.3 Å². The summed E-state index contributed by atoms with van der Waals surface area (Å²) in [5.74, 6) is 1.39. The molecule has 1 aliphatic carbocycles. The van der Waals surface area contributed by atoms with Crippen LogP contribution in [0.1, 0.15) is 32.1 Å². The molecular weight excluding hydrogens is 333 g/mol. The zero-order chi connectivity index (χ0) is 14.7. The number of nitrogens with two attached hydrogens (primary N) is 1. The Hall–Kier alpha value is -1.23. The van der Waals surface area contributed by atoms with Crippen LogP contribution in [0.25, 0.3) is 10.9 Å². The lowest BCUT2D eigenvalue weighted by atomic mass is 9.84. The monoisotopic (exact) mass is 357 g/mol. The molecule has 1 atom stereocenters. The summed E-state index contributed by atoms with van der Waals surface area (Å²) in [6.45, 7) is 0.597. The Labute approximate surface area is 149 Å². The van der Waals surface area contributed by atoms with Crippen LogP contribution in [0.15, 0.2) is 35.1 Å². The second-order valence-corrected chi connectivity index (χ2v) is 5.98. The fraction of sp³-hybridized carbons (Fsp3) is 0.471. The van der Waals surface area contributed by atoms with Gasteiger partial charge in [-0.25, -0.2) is 0 Å². The van der Waals surface area contributed by atoms with Crippen LogP contribution < -0.4 is 16.5 Å². The smallest absolute Gasteiger partial charge is 0.191 e. The zero-order valence-electron chi connectivity index (χ0n) is 13.1. The van der Waals surface area contributed by atoms with Crippen molar-refractivity contribution in [2.45, 2.75) is 38.1 Å². The molecule has 1 aromatic carbocycles. The number of anilines is 1. The Morgan fingerprint density at radius 3 is 2.57 bits per heavy atom. The van der Waals surface area contributed by atoms with Crippen molar-refractivity contribution >= 4 is 41.5 Å². The molecule has 2 aromatic rings. The highest BCUT2D eigenvalue weighted by Gasteiger charge is 2.22. The first-order valence-electron chi connectivity index (χ1n) is 7.86. The lowest BCUT2D eigenvalue weighted by Crippen LogP contribution is -2.37. The van der Waals surface area contributed by atoms with Crippen LogP contribution in [0.2, 0.25) is 0 Å². The molecule has 0 aliphatic heterocycles.